The number of alkyl halides is 3. The summed E-state index contributed by atoms with van der Waals surface area (Å²) >= 11 is 0. The van der Waals surface area contributed by atoms with E-state index in [-0.39, 0.29) is 17.3 Å². The number of nitriles is 1. The highest BCUT2D eigenvalue weighted by Crippen LogP contribution is 2.39. The number of aromatic nitrogens is 2. The van der Waals surface area contributed by atoms with Gasteiger partial charge in [-0.2, -0.15) is 18.4 Å². The van der Waals surface area contributed by atoms with Gasteiger partial charge in [-0.05, 0) is 18.2 Å². The number of benzene rings is 1. The third kappa shape index (κ3) is 3.39. The maximum atomic E-state index is 13.0. The standard InChI is InChI=1S/C13H8F3N3O2/c1-20-9-2-3-11(10(4-9)13(14,15)16)21-12-7-18-8(5-17)6-19-12/h2-4,6-7H,1H3. The van der Waals surface area contributed by atoms with Crippen molar-refractivity contribution in [3.8, 4) is 23.4 Å². The van der Waals surface area contributed by atoms with Crippen molar-refractivity contribution in [1.29, 1.82) is 5.26 Å². The average Bonchev–Trinajstić information content (AvgIpc) is 2.47. The van der Waals surface area contributed by atoms with Crippen LogP contribution in [-0.2, 0) is 6.18 Å². The van der Waals surface area contributed by atoms with Crippen molar-refractivity contribution in [2.45, 2.75) is 6.18 Å². The summed E-state index contributed by atoms with van der Waals surface area (Å²) in [5, 5.41) is 8.57. The highest BCUT2D eigenvalue weighted by molar-refractivity contribution is 5.43. The van der Waals surface area contributed by atoms with Crippen LogP contribution in [0.2, 0.25) is 0 Å². The summed E-state index contributed by atoms with van der Waals surface area (Å²) in [4.78, 5) is 7.37. The molecule has 0 atom stereocenters. The van der Waals surface area contributed by atoms with E-state index in [1.165, 1.54) is 13.2 Å². The largest absolute Gasteiger partial charge is 0.497 e. The SMILES string of the molecule is COc1ccc(Oc2cnc(C#N)cn2)c(C(F)(F)F)c1. The Morgan fingerprint density at radius 1 is 1.19 bits per heavy atom. The molecule has 0 fully saturated rings. The molecule has 2 rings (SSSR count). The lowest BCUT2D eigenvalue weighted by atomic mass is 10.2. The van der Waals surface area contributed by atoms with Crippen LogP contribution in [0.1, 0.15) is 11.3 Å². The second-order valence-electron chi connectivity index (χ2n) is 3.81. The summed E-state index contributed by atoms with van der Waals surface area (Å²) in [7, 11) is 1.27. The highest BCUT2D eigenvalue weighted by Gasteiger charge is 2.35. The molecule has 8 heteroatoms. The van der Waals surface area contributed by atoms with E-state index in [4.69, 9.17) is 14.7 Å². The predicted molar refractivity (Wildman–Crippen MR) is 64.8 cm³/mol. The van der Waals surface area contributed by atoms with E-state index in [9.17, 15) is 13.2 Å². The van der Waals surface area contributed by atoms with Gasteiger partial charge in [0.2, 0.25) is 5.88 Å². The third-order valence-corrected chi connectivity index (χ3v) is 2.45. The molecule has 0 spiro atoms. The molecule has 2 aromatic rings. The molecule has 1 aromatic heterocycles. The Bertz CT molecular complexity index is 679. The van der Waals surface area contributed by atoms with E-state index in [1.807, 2.05) is 0 Å². The van der Waals surface area contributed by atoms with Gasteiger partial charge in [0.15, 0.2) is 5.69 Å². The second-order valence-corrected chi connectivity index (χ2v) is 3.81. The molecule has 0 amide bonds. The number of ether oxygens (including phenoxy) is 2. The molecule has 5 nitrogen and oxygen atoms in total. The van der Waals surface area contributed by atoms with Gasteiger partial charge in [-0.25, -0.2) is 9.97 Å². The van der Waals surface area contributed by atoms with Crippen molar-refractivity contribution in [2.24, 2.45) is 0 Å². The van der Waals surface area contributed by atoms with Crippen LogP contribution >= 0.6 is 0 Å². The Kier molecular flexibility index (Phi) is 3.93. The van der Waals surface area contributed by atoms with Gasteiger partial charge in [0.25, 0.3) is 0 Å². The first-order valence-electron chi connectivity index (χ1n) is 5.59. The van der Waals surface area contributed by atoms with E-state index >= 15 is 0 Å². The molecule has 0 bridgehead atoms. The second kappa shape index (κ2) is 5.66. The molecule has 0 aliphatic rings. The van der Waals surface area contributed by atoms with Crippen LogP contribution in [0.5, 0.6) is 17.4 Å². The Hall–Kier alpha value is -2.82. The van der Waals surface area contributed by atoms with Crippen LogP contribution in [0.4, 0.5) is 13.2 Å². The van der Waals surface area contributed by atoms with Crippen molar-refractivity contribution in [3.05, 3.63) is 41.9 Å². The number of rotatable bonds is 3. The van der Waals surface area contributed by atoms with Crippen LogP contribution in [0, 0.1) is 11.3 Å². The Morgan fingerprint density at radius 2 is 1.95 bits per heavy atom. The van der Waals surface area contributed by atoms with E-state index < -0.39 is 17.5 Å². The van der Waals surface area contributed by atoms with Gasteiger partial charge in [0.1, 0.15) is 23.1 Å². The highest BCUT2D eigenvalue weighted by atomic mass is 19.4. The van der Waals surface area contributed by atoms with Crippen molar-refractivity contribution < 1.29 is 22.6 Å². The molecule has 0 N–H and O–H groups in total. The van der Waals surface area contributed by atoms with E-state index in [0.29, 0.717) is 0 Å². The predicted octanol–water partition coefficient (Wildman–Crippen LogP) is 3.17. The summed E-state index contributed by atoms with van der Waals surface area (Å²) in [5.41, 5.74) is -0.957. The number of methoxy groups -OCH3 is 1. The molecule has 0 saturated carbocycles. The monoisotopic (exact) mass is 295 g/mol. The summed E-state index contributed by atoms with van der Waals surface area (Å²) in [5.74, 6) is -0.521. The van der Waals surface area contributed by atoms with E-state index in [0.717, 1.165) is 24.5 Å². The zero-order valence-corrected chi connectivity index (χ0v) is 10.7. The zero-order chi connectivity index (χ0) is 15.5. The van der Waals surface area contributed by atoms with E-state index in [1.54, 1.807) is 6.07 Å². The first-order chi connectivity index (χ1) is 9.94. The van der Waals surface area contributed by atoms with Crippen LogP contribution < -0.4 is 9.47 Å². The molecule has 0 aliphatic heterocycles. The maximum Gasteiger partial charge on any atom is 0.420 e. The van der Waals surface area contributed by atoms with Crippen molar-refractivity contribution >= 4 is 0 Å². The average molecular weight is 295 g/mol. The number of nitrogens with zero attached hydrogens (tertiary/aromatic N) is 3. The molecule has 0 unspecified atom stereocenters. The van der Waals surface area contributed by atoms with Gasteiger partial charge < -0.3 is 9.47 Å². The number of hydrogen-bond acceptors (Lipinski definition) is 5. The minimum atomic E-state index is -4.61. The van der Waals surface area contributed by atoms with Gasteiger partial charge >= 0.3 is 6.18 Å². The van der Waals surface area contributed by atoms with Crippen LogP contribution in [0.25, 0.3) is 0 Å². The van der Waals surface area contributed by atoms with Gasteiger partial charge in [-0.15, -0.1) is 0 Å². The fourth-order valence-corrected chi connectivity index (χ4v) is 1.49. The molecule has 1 aromatic carbocycles. The van der Waals surface area contributed by atoms with Gasteiger partial charge in [-0.1, -0.05) is 0 Å². The van der Waals surface area contributed by atoms with E-state index in [2.05, 4.69) is 9.97 Å². The van der Waals surface area contributed by atoms with Crippen molar-refractivity contribution in [3.63, 3.8) is 0 Å². The summed E-state index contributed by atoms with van der Waals surface area (Å²) in [6.45, 7) is 0. The lowest BCUT2D eigenvalue weighted by Gasteiger charge is -2.14. The first kappa shape index (κ1) is 14.6. The van der Waals surface area contributed by atoms with Crippen LogP contribution in [0.15, 0.2) is 30.6 Å². The van der Waals surface area contributed by atoms with Crippen molar-refractivity contribution in [1.82, 2.24) is 9.97 Å². The molecule has 0 aliphatic carbocycles. The Morgan fingerprint density at radius 3 is 2.48 bits per heavy atom. The molecule has 0 saturated heterocycles. The summed E-state index contributed by atoms with van der Waals surface area (Å²) in [6.07, 6.45) is -2.43. The zero-order valence-electron chi connectivity index (χ0n) is 10.7. The smallest absolute Gasteiger partial charge is 0.420 e. The summed E-state index contributed by atoms with van der Waals surface area (Å²) in [6, 6.07) is 5.03. The topological polar surface area (TPSA) is 68.0 Å². The molecule has 108 valence electrons. The molecule has 0 radical (unpaired) electrons. The molecule has 21 heavy (non-hydrogen) atoms. The third-order valence-electron chi connectivity index (χ3n) is 2.45. The van der Waals surface area contributed by atoms with Crippen molar-refractivity contribution in [2.75, 3.05) is 7.11 Å². The Labute approximate surface area is 117 Å². The fraction of sp³-hybridized carbons (Fsp3) is 0.154. The molecule has 1 heterocycles. The minimum absolute atomic E-state index is 0.0353. The molecular formula is C13H8F3N3O2. The number of halogens is 3. The number of hydrogen-bond donors (Lipinski definition) is 0. The Balaban J connectivity index is 2.36. The quantitative estimate of drug-likeness (QED) is 0.870. The normalized spacial score (nSPS) is 10.8. The van der Waals surface area contributed by atoms with Gasteiger partial charge in [0, 0.05) is 0 Å². The maximum absolute atomic E-state index is 13.0. The van der Waals surface area contributed by atoms with Gasteiger partial charge in [0.05, 0.1) is 19.5 Å². The minimum Gasteiger partial charge on any atom is -0.497 e. The first-order valence-corrected chi connectivity index (χ1v) is 5.59. The lowest BCUT2D eigenvalue weighted by molar-refractivity contribution is -0.138. The van der Waals surface area contributed by atoms with Gasteiger partial charge in [-0.3, -0.25) is 0 Å². The van der Waals surface area contributed by atoms with Crippen LogP contribution in [0.3, 0.4) is 0 Å². The molecular weight excluding hydrogens is 287 g/mol. The van der Waals surface area contributed by atoms with Crippen LogP contribution in [-0.4, -0.2) is 17.1 Å². The lowest BCUT2D eigenvalue weighted by Crippen LogP contribution is -2.08. The fourth-order valence-electron chi connectivity index (χ4n) is 1.49. The summed E-state index contributed by atoms with van der Waals surface area (Å²) < 4.78 is 48.8.